The minimum absolute atomic E-state index is 0.0679. The van der Waals surface area contributed by atoms with Crippen LogP contribution in [0.2, 0.25) is 0 Å². The summed E-state index contributed by atoms with van der Waals surface area (Å²) in [7, 11) is 0. The number of halogens is 1. The summed E-state index contributed by atoms with van der Waals surface area (Å²) in [5.41, 5.74) is 0. The van der Waals surface area contributed by atoms with Crippen molar-refractivity contribution in [3.63, 3.8) is 0 Å². The summed E-state index contributed by atoms with van der Waals surface area (Å²) in [5.74, 6) is 0.661. The molecule has 1 aromatic rings. The Balaban J connectivity index is 1.89. The number of benzene rings is 1. The molecule has 19 heavy (non-hydrogen) atoms. The third-order valence-corrected chi connectivity index (χ3v) is 3.41. The molecule has 1 fully saturated rings. The fraction of sp³-hybridized carbons (Fsp3) is 0.533. The normalized spacial score (nSPS) is 23.2. The van der Waals surface area contributed by atoms with Crippen molar-refractivity contribution in [3.8, 4) is 5.75 Å². The van der Waals surface area contributed by atoms with Gasteiger partial charge in [-0.2, -0.15) is 0 Å². The van der Waals surface area contributed by atoms with Crippen molar-refractivity contribution in [2.24, 2.45) is 11.8 Å². The molecule has 1 saturated heterocycles. The van der Waals surface area contributed by atoms with Crippen LogP contribution in [-0.4, -0.2) is 30.5 Å². The van der Waals surface area contributed by atoms with Gasteiger partial charge in [0.2, 0.25) is 0 Å². The van der Waals surface area contributed by atoms with Crippen LogP contribution in [-0.2, 0) is 4.79 Å². The Hall–Kier alpha value is -1.58. The van der Waals surface area contributed by atoms with Crippen LogP contribution in [0.4, 0.5) is 4.39 Å². The highest BCUT2D eigenvalue weighted by atomic mass is 19.1. The second-order valence-corrected chi connectivity index (χ2v) is 5.46. The molecule has 0 aromatic heterocycles. The molecule has 0 N–H and O–H groups in total. The minimum atomic E-state index is -0.435. The number of ether oxygens (including phenoxy) is 1. The molecule has 0 spiro atoms. The lowest BCUT2D eigenvalue weighted by molar-refractivity contribution is -0.136. The van der Waals surface area contributed by atoms with Gasteiger partial charge in [-0.3, -0.25) is 4.79 Å². The second kappa shape index (κ2) is 6.04. The maximum atomic E-state index is 13.4. The lowest BCUT2D eigenvalue weighted by Gasteiger charge is -2.34. The van der Waals surface area contributed by atoms with Crippen LogP contribution in [0.15, 0.2) is 24.3 Å². The molecular formula is C15H20FNO2. The molecule has 0 unspecified atom stereocenters. The third kappa shape index (κ3) is 3.69. The Morgan fingerprint density at radius 3 is 2.58 bits per heavy atom. The Morgan fingerprint density at radius 1 is 1.32 bits per heavy atom. The Morgan fingerprint density at radius 2 is 1.95 bits per heavy atom. The van der Waals surface area contributed by atoms with E-state index < -0.39 is 5.82 Å². The van der Waals surface area contributed by atoms with E-state index in [1.54, 1.807) is 12.1 Å². The number of para-hydroxylation sites is 1. The van der Waals surface area contributed by atoms with Crippen molar-refractivity contribution < 1.29 is 13.9 Å². The van der Waals surface area contributed by atoms with E-state index in [0.717, 1.165) is 19.5 Å². The average molecular weight is 265 g/mol. The first-order valence-corrected chi connectivity index (χ1v) is 6.71. The topological polar surface area (TPSA) is 29.5 Å². The van der Waals surface area contributed by atoms with Crippen molar-refractivity contribution >= 4 is 5.91 Å². The number of carbonyl (C=O) groups excluding carboxylic acids is 1. The van der Waals surface area contributed by atoms with E-state index in [0.29, 0.717) is 11.8 Å². The minimum Gasteiger partial charge on any atom is -0.481 e. The molecule has 1 aromatic carbocycles. The molecule has 2 rings (SSSR count). The number of likely N-dealkylation sites (tertiary alicyclic amines) is 1. The Kier molecular flexibility index (Phi) is 4.40. The van der Waals surface area contributed by atoms with Crippen LogP contribution < -0.4 is 4.74 Å². The molecule has 1 heterocycles. The van der Waals surface area contributed by atoms with Crippen LogP contribution in [0.25, 0.3) is 0 Å². The van der Waals surface area contributed by atoms with Gasteiger partial charge in [0.25, 0.3) is 5.91 Å². The summed E-state index contributed by atoms with van der Waals surface area (Å²) >= 11 is 0. The van der Waals surface area contributed by atoms with Gasteiger partial charge in [0, 0.05) is 13.1 Å². The lowest BCUT2D eigenvalue weighted by atomic mass is 9.92. The van der Waals surface area contributed by atoms with Crippen molar-refractivity contribution in [3.05, 3.63) is 30.1 Å². The molecule has 3 nitrogen and oxygen atoms in total. The van der Waals surface area contributed by atoms with E-state index in [2.05, 4.69) is 13.8 Å². The quantitative estimate of drug-likeness (QED) is 0.841. The predicted octanol–water partition coefficient (Wildman–Crippen LogP) is 2.71. The molecule has 0 bridgehead atoms. The number of carbonyl (C=O) groups is 1. The standard InChI is InChI=1S/C15H20FNO2/c1-11-7-12(2)9-17(8-11)15(18)10-19-14-6-4-3-5-13(14)16/h3-6,11-12H,7-10H2,1-2H3/t11-,12-/m1/s1. The predicted molar refractivity (Wildman–Crippen MR) is 71.4 cm³/mol. The molecular weight excluding hydrogens is 245 g/mol. The first-order valence-electron chi connectivity index (χ1n) is 6.71. The first kappa shape index (κ1) is 13.8. The van der Waals surface area contributed by atoms with Crippen molar-refractivity contribution in [1.29, 1.82) is 0 Å². The number of hydrogen-bond acceptors (Lipinski definition) is 2. The van der Waals surface area contributed by atoms with Gasteiger partial charge in [-0.25, -0.2) is 4.39 Å². The van der Waals surface area contributed by atoms with Gasteiger partial charge in [-0.15, -0.1) is 0 Å². The zero-order chi connectivity index (χ0) is 13.8. The molecule has 0 radical (unpaired) electrons. The molecule has 1 aliphatic heterocycles. The number of amides is 1. The molecule has 1 amide bonds. The molecule has 0 aliphatic carbocycles. The maximum absolute atomic E-state index is 13.4. The van der Waals surface area contributed by atoms with Crippen molar-refractivity contribution in [2.75, 3.05) is 19.7 Å². The summed E-state index contributed by atoms with van der Waals surface area (Å²) in [6.07, 6.45) is 1.15. The molecule has 1 aliphatic rings. The maximum Gasteiger partial charge on any atom is 0.260 e. The molecule has 104 valence electrons. The van der Waals surface area contributed by atoms with Gasteiger partial charge in [0.05, 0.1) is 0 Å². The van der Waals surface area contributed by atoms with E-state index in [1.807, 2.05) is 4.90 Å². The van der Waals surface area contributed by atoms with Crippen LogP contribution >= 0.6 is 0 Å². The number of rotatable bonds is 3. The summed E-state index contributed by atoms with van der Waals surface area (Å²) < 4.78 is 18.6. The molecule has 2 atom stereocenters. The Labute approximate surface area is 113 Å². The summed E-state index contributed by atoms with van der Waals surface area (Å²) in [6.45, 7) is 5.73. The van der Waals surface area contributed by atoms with E-state index in [-0.39, 0.29) is 18.3 Å². The van der Waals surface area contributed by atoms with E-state index in [4.69, 9.17) is 4.74 Å². The highest BCUT2D eigenvalue weighted by molar-refractivity contribution is 5.77. The van der Waals surface area contributed by atoms with E-state index >= 15 is 0 Å². The zero-order valence-electron chi connectivity index (χ0n) is 11.4. The van der Waals surface area contributed by atoms with Gasteiger partial charge in [0.1, 0.15) is 0 Å². The largest absolute Gasteiger partial charge is 0.481 e. The van der Waals surface area contributed by atoms with Crippen LogP contribution in [0, 0.1) is 17.7 Å². The second-order valence-electron chi connectivity index (χ2n) is 5.46. The molecule has 0 saturated carbocycles. The highest BCUT2D eigenvalue weighted by Crippen LogP contribution is 2.21. The van der Waals surface area contributed by atoms with Crippen LogP contribution in [0.1, 0.15) is 20.3 Å². The van der Waals surface area contributed by atoms with Gasteiger partial charge in [-0.1, -0.05) is 26.0 Å². The van der Waals surface area contributed by atoms with Crippen LogP contribution in [0.3, 0.4) is 0 Å². The summed E-state index contributed by atoms with van der Waals surface area (Å²) in [6, 6.07) is 6.14. The lowest BCUT2D eigenvalue weighted by Crippen LogP contribution is -2.44. The first-order chi connectivity index (χ1) is 9.06. The van der Waals surface area contributed by atoms with Gasteiger partial charge in [-0.05, 0) is 30.4 Å². The summed E-state index contributed by atoms with van der Waals surface area (Å²) in [4.78, 5) is 13.9. The SMILES string of the molecule is C[C@@H]1C[C@@H](C)CN(C(=O)COc2ccccc2F)C1. The third-order valence-electron chi connectivity index (χ3n) is 3.41. The van der Waals surface area contributed by atoms with Crippen molar-refractivity contribution in [1.82, 2.24) is 4.90 Å². The average Bonchev–Trinajstić information content (AvgIpc) is 2.36. The van der Waals surface area contributed by atoms with E-state index in [1.165, 1.54) is 12.1 Å². The highest BCUT2D eigenvalue weighted by Gasteiger charge is 2.25. The van der Waals surface area contributed by atoms with E-state index in [9.17, 15) is 9.18 Å². The Bertz CT molecular complexity index is 440. The summed E-state index contributed by atoms with van der Waals surface area (Å²) in [5, 5.41) is 0. The zero-order valence-corrected chi connectivity index (χ0v) is 11.4. The van der Waals surface area contributed by atoms with Gasteiger partial charge < -0.3 is 9.64 Å². The molecule has 4 heteroatoms. The fourth-order valence-corrected chi connectivity index (χ4v) is 2.66. The van der Waals surface area contributed by atoms with Crippen molar-refractivity contribution in [2.45, 2.75) is 20.3 Å². The monoisotopic (exact) mass is 265 g/mol. The van der Waals surface area contributed by atoms with Crippen LogP contribution in [0.5, 0.6) is 5.75 Å². The smallest absolute Gasteiger partial charge is 0.260 e. The number of nitrogens with zero attached hydrogens (tertiary/aromatic N) is 1. The van der Waals surface area contributed by atoms with Gasteiger partial charge >= 0.3 is 0 Å². The number of hydrogen-bond donors (Lipinski definition) is 0. The fourth-order valence-electron chi connectivity index (χ4n) is 2.66. The number of piperidine rings is 1. The van der Waals surface area contributed by atoms with Gasteiger partial charge in [0.15, 0.2) is 18.2 Å².